The van der Waals surface area contributed by atoms with Crippen molar-refractivity contribution in [2.24, 2.45) is 5.92 Å². The molecule has 0 aliphatic rings. The molecule has 0 N–H and O–H groups in total. The van der Waals surface area contributed by atoms with Gasteiger partial charge in [0.25, 0.3) is 0 Å². The van der Waals surface area contributed by atoms with E-state index in [1.807, 2.05) is 0 Å². The molecule has 0 aromatic rings. The third kappa shape index (κ3) is 6.40. The number of ether oxygens (including phenoxy) is 2. The third-order valence-electron chi connectivity index (χ3n) is 1.69. The van der Waals surface area contributed by atoms with Crippen LogP contribution in [0.4, 0.5) is 13.2 Å². The van der Waals surface area contributed by atoms with Gasteiger partial charge in [-0.15, -0.1) is 11.8 Å². The van der Waals surface area contributed by atoms with Gasteiger partial charge in [-0.1, -0.05) is 0 Å². The van der Waals surface area contributed by atoms with Crippen LogP contribution in [0.1, 0.15) is 6.92 Å². The highest BCUT2D eigenvalue weighted by atomic mass is 32.2. The molecule has 0 radical (unpaired) electrons. The molecule has 0 aliphatic heterocycles. The molecule has 4 nitrogen and oxygen atoms in total. The summed E-state index contributed by atoms with van der Waals surface area (Å²) in [5, 5.41) is 0. The van der Waals surface area contributed by atoms with E-state index in [4.69, 9.17) is 0 Å². The third-order valence-corrected chi connectivity index (χ3v) is 2.70. The van der Waals surface area contributed by atoms with Crippen LogP contribution >= 0.6 is 11.8 Å². The van der Waals surface area contributed by atoms with E-state index in [0.717, 1.165) is 7.11 Å². The summed E-state index contributed by atoms with van der Waals surface area (Å²) in [6.45, 7) is 1.76. The van der Waals surface area contributed by atoms with Gasteiger partial charge < -0.3 is 9.47 Å². The molecule has 1 atom stereocenters. The summed E-state index contributed by atoms with van der Waals surface area (Å²) in [6.07, 6.45) is -4.67. The van der Waals surface area contributed by atoms with Gasteiger partial charge in [-0.3, -0.25) is 9.59 Å². The molecule has 0 saturated carbocycles. The molecule has 100 valence electrons. The van der Waals surface area contributed by atoms with Crippen molar-refractivity contribution < 1.29 is 32.2 Å². The molecule has 0 aromatic heterocycles. The summed E-state index contributed by atoms with van der Waals surface area (Å²) < 4.78 is 45.8. The van der Waals surface area contributed by atoms with Crippen molar-refractivity contribution in [1.82, 2.24) is 0 Å². The molecule has 8 heteroatoms. The van der Waals surface area contributed by atoms with Crippen LogP contribution in [0.2, 0.25) is 0 Å². The fourth-order valence-electron chi connectivity index (χ4n) is 0.901. The van der Waals surface area contributed by atoms with Gasteiger partial charge in [-0.25, -0.2) is 0 Å². The fourth-order valence-corrected chi connectivity index (χ4v) is 1.83. The van der Waals surface area contributed by atoms with Gasteiger partial charge in [0.05, 0.1) is 19.5 Å². The first kappa shape index (κ1) is 16.1. The van der Waals surface area contributed by atoms with E-state index >= 15 is 0 Å². The fraction of sp³-hybridized carbons (Fsp3) is 0.778. The maximum atomic E-state index is 12.4. The van der Waals surface area contributed by atoms with Gasteiger partial charge in [-0.05, 0) is 6.92 Å². The predicted molar refractivity (Wildman–Crippen MR) is 55.5 cm³/mol. The quantitative estimate of drug-likeness (QED) is 0.689. The van der Waals surface area contributed by atoms with Crippen molar-refractivity contribution in [3.8, 4) is 0 Å². The Kier molecular flexibility index (Phi) is 7.01. The minimum Gasteiger partial charge on any atom is -0.469 e. The maximum Gasteiger partial charge on any atom is 0.403 e. The first-order chi connectivity index (χ1) is 7.82. The zero-order valence-corrected chi connectivity index (χ0v) is 10.2. The zero-order valence-electron chi connectivity index (χ0n) is 9.37. The summed E-state index contributed by atoms with van der Waals surface area (Å²) in [7, 11) is 0.886. The molecule has 0 spiro atoms. The van der Waals surface area contributed by atoms with E-state index in [1.54, 1.807) is 6.92 Å². The summed E-state index contributed by atoms with van der Waals surface area (Å²) in [5.74, 6) is -4.96. The second-order valence-electron chi connectivity index (χ2n) is 2.94. The Hall–Kier alpha value is -0.920. The molecule has 17 heavy (non-hydrogen) atoms. The van der Waals surface area contributed by atoms with Crippen LogP contribution in [-0.2, 0) is 19.1 Å². The Morgan fingerprint density at radius 1 is 1.35 bits per heavy atom. The van der Waals surface area contributed by atoms with Crippen molar-refractivity contribution in [3.63, 3.8) is 0 Å². The molecule has 0 amide bonds. The van der Waals surface area contributed by atoms with Gasteiger partial charge in [0.2, 0.25) is 0 Å². The van der Waals surface area contributed by atoms with Crippen LogP contribution in [0.5, 0.6) is 0 Å². The average molecular weight is 274 g/mol. The topological polar surface area (TPSA) is 52.6 Å². The SMILES string of the molecule is CCOC(=O)CSCC(C(=O)OC)C(F)(F)F. The minimum atomic E-state index is -4.67. The van der Waals surface area contributed by atoms with Gasteiger partial charge in [0.1, 0.15) is 0 Å². The van der Waals surface area contributed by atoms with Crippen LogP contribution in [0.25, 0.3) is 0 Å². The molecule has 0 heterocycles. The van der Waals surface area contributed by atoms with Crippen molar-refractivity contribution in [1.29, 1.82) is 0 Å². The largest absolute Gasteiger partial charge is 0.469 e. The first-order valence-electron chi connectivity index (χ1n) is 4.70. The van der Waals surface area contributed by atoms with E-state index in [0.29, 0.717) is 11.8 Å². The predicted octanol–water partition coefficient (Wildman–Crippen LogP) is 1.63. The number of rotatable bonds is 6. The molecule has 0 aliphatic carbocycles. The van der Waals surface area contributed by atoms with E-state index in [1.165, 1.54) is 0 Å². The Morgan fingerprint density at radius 3 is 2.35 bits per heavy atom. The van der Waals surface area contributed by atoms with E-state index in [-0.39, 0.29) is 12.4 Å². The lowest BCUT2D eigenvalue weighted by Crippen LogP contribution is -2.34. The monoisotopic (exact) mass is 274 g/mol. The number of halogens is 3. The standard InChI is InChI=1S/C9H13F3O4S/c1-3-16-7(13)5-17-4-6(8(14)15-2)9(10,11)12/h6H,3-5H2,1-2H3. The average Bonchev–Trinajstić information content (AvgIpc) is 2.22. The van der Waals surface area contributed by atoms with Gasteiger partial charge in [-0.2, -0.15) is 13.2 Å². The highest BCUT2D eigenvalue weighted by molar-refractivity contribution is 7.99. The highest BCUT2D eigenvalue weighted by Crippen LogP contribution is 2.30. The number of methoxy groups -OCH3 is 1. The van der Waals surface area contributed by atoms with E-state index < -0.39 is 29.8 Å². The van der Waals surface area contributed by atoms with Gasteiger partial charge in [0.15, 0.2) is 5.92 Å². The van der Waals surface area contributed by atoms with Crippen LogP contribution in [0, 0.1) is 5.92 Å². The van der Waals surface area contributed by atoms with E-state index in [9.17, 15) is 22.8 Å². The number of carbonyl (C=O) groups excluding carboxylic acids is 2. The molecule has 0 aromatic carbocycles. The number of hydrogen-bond acceptors (Lipinski definition) is 5. The Bertz CT molecular complexity index is 267. The second-order valence-corrected chi connectivity index (χ2v) is 3.97. The van der Waals surface area contributed by atoms with Gasteiger partial charge in [0, 0.05) is 5.75 Å². The Morgan fingerprint density at radius 2 is 1.94 bits per heavy atom. The smallest absolute Gasteiger partial charge is 0.403 e. The molecule has 0 bridgehead atoms. The Labute approximate surface area is 101 Å². The summed E-state index contributed by atoms with van der Waals surface area (Å²) in [4.78, 5) is 21.8. The zero-order chi connectivity index (χ0) is 13.5. The van der Waals surface area contributed by atoms with Crippen LogP contribution in [0.15, 0.2) is 0 Å². The lowest BCUT2D eigenvalue weighted by atomic mass is 10.2. The number of hydrogen-bond donors (Lipinski definition) is 0. The lowest BCUT2D eigenvalue weighted by Gasteiger charge is -2.17. The molecular weight excluding hydrogens is 261 g/mol. The van der Waals surface area contributed by atoms with Crippen LogP contribution in [0.3, 0.4) is 0 Å². The first-order valence-corrected chi connectivity index (χ1v) is 5.86. The van der Waals surface area contributed by atoms with Crippen molar-refractivity contribution in [2.75, 3.05) is 25.2 Å². The highest BCUT2D eigenvalue weighted by Gasteiger charge is 2.45. The molecule has 1 unspecified atom stereocenters. The van der Waals surface area contributed by atoms with Crippen molar-refractivity contribution >= 4 is 23.7 Å². The molecule has 0 rings (SSSR count). The van der Waals surface area contributed by atoms with Gasteiger partial charge >= 0.3 is 18.1 Å². The minimum absolute atomic E-state index is 0.166. The number of thioether (sulfide) groups is 1. The van der Waals surface area contributed by atoms with Crippen LogP contribution < -0.4 is 0 Å². The van der Waals surface area contributed by atoms with Crippen molar-refractivity contribution in [3.05, 3.63) is 0 Å². The summed E-state index contributed by atoms with van der Waals surface area (Å²) >= 11 is 0.685. The Balaban J connectivity index is 4.19. The summed E-state index contributed by atoms with van der Waals surface area (Å²) in [5.41, 5.74) is 0. The summed E-state index contributed by atoms with van der Waals surface area (Å²) in [6, 6.07) is 0. The maximum absolute atomic E-state index is 12.4. The van der Waals surface area contributed by atoms with E-state index in [2.05, 4.69) is 9.47 Å². The molecule has 0 saturated heterocycles. The second kappa shape index (κ2) is 7.41. The van der Waals surface area contributed by atoms with Crippen LogP contribution in [-0.4, -0.2) is 43.3 Å². The normalized spacial score (nSPS) is 13.0. The lowest BCUT2D eigenvalue weighted by molar-refractivity contribution is -0.191. The van der Waals surface area contributed by atoms with Crippen molar-refractivity contribution in [2.45, 2.75) is 13.1 Å². The number of esters is 2. The number of alkyl halides is 3. The molecule has 0 fully saturated rings. The number of carbonyl (C=O) groups is 2. The molecular formula is C9H13F3O4S.